The molecule has 2 rings (SSSR count). The lowest BCUT2D eigenvalue weighted by atomic mass is 10.2. The lowest BCUT2D eigenvalue weighted by molar-refractivity contribution is -0.141. The second kappa shape index (κ2) is 5.31. The average molecular weight is 327 g/mol. The first-order valence-electron chi connectivity index (χ1n) is 5.38. The normalized spacial score (nSPS) is 11.6. The van der Waals surface area contributed by atoms with Crippen molar-refractivity contribution in [2.24, 2.45) is 0 Å². The van der Waals surface area contributed by atoms with Crippen LogP contribution in [0.3, 0.4) is 0 Å². The number of aromatic nitrogens is 2. The number of nitrogens with zero attached hydrogens (tertiary/aromatic N) is 1. The molecular weight excluding hydrogens is 323 g/mol. The molecule has 1 amide bonds. The van der Waals surface area contributed by atoms with Crippen LogP contribution in [-0.4, -0.2) is 16.1 Å². The Kier molecular flexibility index (Phi) is 3.81. The van der Waals surface area contributed by atoms with Crippen LogP contribution in [0.1, 0.15) is 16.2 Å². The van der Waals surface area contributed by atoms with Gasteiger partial charge in [-0.15, -0.1) is 0 Å². The van der Waals surface area contributed by atoms with Gasteiger partial charge in [0.05, 0.1) is 0 Å². The summed E-state index contributed by atoms with van der Waals surface area (Å²) >= 11 is 0. The van der Waals surface area contributed by atoms with Crippen molar-refractivity contribution >= 4 is 11.6 Å². The molecule has 1 heterocycles. The maximum absolute atomic E-state index is 13.3. The van der Waals surface area contributed by atoms with Crippen molar-refractivity contribution in [3.05, 3.63) is 46.8 Å². The van der Waals surface area contributed by atoms with Crippen molar-refractivity contribution in [3.8, 4) is 0 Å². The Labute approximate surface area is 116 Å². The highest BCUT2D eigenvalue weighted by Crippen LogP contribution is 2.28. The van der Waals surface area contributed by atoms with Crippen LogP contribution in [-0.2, 0) is 6.18 Å². The van der Waals surface area contributed by atoms with Crippen LogP contribution in [0.15, 0.2) is 12.1 Å². The molecule has 11 heteroatoms. The molecule has 1 aromatic carbocycles. The van der Waals surface area contributed by atoms with Crippen LogP contribution in [0.4, 0.5) is 36.4 Å². The molecule has 0 saturated heterocycles. The number of benzene rings is 1. The van der Waals surface area contributed by atoms with Gasteiger partial charge in [0.2, 0.25) is 0 Å². The largest absolute Gasteiger partial charge is 0.432 e. The number of halogens is 7. The molecule has 0 aliphatic carbocycles. The summed E-state index contributed by atoms with van der Waals surface area (Å²) in [4.78, 5) is 11.5. The van der Waals surface area contributed by atoms with E-state index in [0.717, 1.165) is 0 Å². The van der Waals surface area contributed by atoms with E-state index in [1.54, 1.807) is 0 Å². The molecule has 0 aliphatic rings. The lowest BCUT2D eigenvalue weighted by Crippen LogP contribution is -2.16. The van der Waals surface area contributed by atoms with Crippen molar-refractivity contribution in [2.45, 2.75) is 6.18 Å². The van der Waals surface area contributed by atoms with Crippen LogP contribution in [0, 0.1) is 23.3 Å². The first kappa shape index (κ1) is 15.8. The summed E-state index contributed by atoms with van der Waals surface area (Å²) in [5.74, 6) is -8.87. The molecule has 0 atom stereocenters. The summed E-state index contributed by atoms with van der Waals surface area (Å²) < 4.78 is 89.4. The average Bonchev–Trinajstić information content (AvgIpc) is 2.91. The molecule has 0 saturated carbocycles. The highest BCUT2D eigenvalue weighted by atomic mass is 19.4. The first-order chi connectivity index (χ1) is 10.1. The molecule has 0 aliphatic heterocycles. The van der Waals surface area contributed by atoms with Crippen molar-refractivity contribution in [1.82, 2.24) is 10.2 Å². The van der Waals surface area contributed by atoms with E-state index in [-0.39, 0.29) is 12.1 Å². The van der Waals surface area contributed by atoms with E-state index in [9.17, 15) is 35.5 Å². The maximum Gasteiger partial charge on any atom is 0.432 e. The van der Waals surface area contributed by atoms with Crippen LogP contribution in [0.2, 0.25) is 0 Å². The zero-order valence-electron chi connectivity index (χ0n) is 10.2. The third-order valence-corrected chi connectivity index (χ3v) is 2.47. The predicted octanol–water partition coefficient (Wildman–Crippen LogP) is 3.24. The van der Waals surface area contributed by atoms with Gasteiger partial charge in [-0.1, -0.05) is 0 Å². The molecule has 4 nitrogen and oxygen atoms in total. The van der Waals surface area contributed by atoms with Gasteiger partial charge in [-0.05, 0) is 0 Å². The summed E-state index contributed by atoms with van der Waals surface area (Å²) in [6.07, 6.45) is -4.83. The minimum Gasteiger partial charge on any atom is -0.315 e. The molecule has 1 aromatic heterocycles. The summed E-state index contributed by atoms with van der Waals surface area (Å²) in [7, 11) is 0. The molecule has 118 valence electrons. The summed E-state index contributed by atoms with van der Waals surface area (Å²) in [5, 5.41) is 5.91. The number of H-pyrrole nitrogens is 1. The van der Waals surface area contributed by atoms with Crippen molar-refractivity contribution in [2.75, 3.05) is 5.32 Å². The van der Waals surface area contributed by atoms with E-state index in [2.05, 4.69) is 5.10 Å². The number of nitrogens with one attached hydrogen (secondary N) is 2. The predicted molar refractivity (Wildman–Crippen MR) is 57.8 cm³/mol. The number of hydrogen-bond acceptors (Lipinski definition) is 2. The fourth-order valence-electron chi connectivity index (χ4n) is 1.44. The molecule has 0 spiro atoms. The minimum absolute atomic E-state index is 0.0867. The number of carbonyl (C=O) groups excluding carboxylic acids is 1. The van der Waals surface area contributed by atoms with Gasteiger partial charge in [0.1, 0.15) is 11.4 Å². The zero-order chi connectivity index (χ0) is 16.7. The van der Waals surface area contributed by atoms with Crippen molar-refractivity contribution in [1.29, 1.82) is 0 Å². The number of aromatic amines is 1. The van der Waals surface area contributed by atoms with E-state index in [1.807, 2.05) is 0 Å². The van der Waals surface area contributed by atoms with Gasteiger partial charge in [0, 0.05) is 12.1 Å². The number of hydrogen-bond donors (Lipinski definition) is 2. The fraction of sp³-hybridized carbons (Fsp3) is 0.0909. The van der Waals surface area contributed by atoms with Crippen molar-refractivity contribution in [3.63, 3.8) is 0 Å². The van der Waals surface area contributed by atoms with E-state index in [0.29, 0.717) is 0 Å². The Bertz CT molecular complexity index is 712. The molecule has 2 aromatic rings. The summed E-state index contributed by atoms with van der Waals surface area (Å²) in [6, 6.07) is 0.178. The van der Waals surface area contributed by atoms with Gasteiger partial charge < -0.3 is 5.32 Å². The number of carbonyl (C=O) groups is 1. The highest BCUT2D eigenvalue weighted by Gasteiger charge is 2.34. The number of amides is 1. The first-order valence-corrected chi connectivity index (χ1v) is 5.38. The third kappa shape index (κ3) is 2.87. The highest BCUT2D eigenvalue weighted by molar-refractivity contribution is 6.03. The molecule has 22 heavy (non-hydrogen) atoms. The number of rotatable bonds is 2. The van der Waals surface area contributed by atoms with Crippen molar-refractivity contribution < 1.29 is 35.5 Å². The lowest BCUT2D eigenvalue weighted by Gasteiger charge is -2.07. The van der Waals surface area contributed by atoms with E-state index < -0.39 is 52.4 Å². The molecular formula is C11H4F7N3O. The minimum atomic E-state index is -4.83. The second-order valence-electron chi connectivity index (χ2n) is 3.96. The molecule has 0 radical (unpaired) electrons. The molecule has 0 fully saturated rings. The Balaban J connectivity index is 2.32. The van der Waals surface area contributed by atoms with Crippen LogP contribution >= 0.6 is 0 Å². The van der Waals surface area contributed by atoms with E-state index >= 15 is 0 Å². The quantitative estimate of drug-likeness (QED) is 0.657. The standard InChI is InChI=1S/C11H4F7N3O/c12-3-1-4(13)8(15)9(7(3)14)19-10(22)5-2-6(21-20-5)11(16,17)18/h1-2H,(H,19,22)(H,20,21). The van der Waals surface area contributed by atoms with E-state index in [1.165, 1.54) is 10.4 Å². The van der Waals surface area contributed by atoms with Crippen LogP contribution < -0.4 is 5.32 Å². The maximum atomic E-state index is 13.3. The van der Waals surface area contributed by atoms with Gasteiger partial charge >= 0.3 is 6.18 Å². The Morgan fingerprint density at radius 1 is 1.05 bits per heavy atom. The number of alkyl halides is 3. The Morgan fingerprint density at radius 3 is 2.05 bits per heavy atom. The number of anilines is 1. The fourth-order valence-corrected chi connectivity index (χ4v) is 1.44. The molecule has 2 N–H and O–H groups in total. The summed E-state index contributed by atoms with van der Waals surface area (Å²) in [5.41, 5.74) is -3.74. The van der Waals surface area contributed by atoms with Gasteiger partial charge in [0.15, 0.2) is 29.0 Å². The Morgan fingerprint density at radius 2 is 1.59 bits per heavy atom. The second-order valence-corrected chi connectivity index (χ2v) is 3.96. The van der Waals surface area contributed by atoms with Crippen LogP contribution in [0.25, 0.3) is 0 Å². The van der Waals surface area contributed by atoms with Gasteiger partial charge in [-0.25, -0.2) is 17.6 Å². The summed E-state index contributed by atoms with van der Waals surface area (Å²) in [6.45, 7) is 0. The van der Waals surface area contributed by atoms with Gasteiger partial charge in [-0.3, -0.25) is 9.89 Å². The SMILES string of the molecule is O=C(Nc1c(F)c(F)cc(F)c1F)c1cc(C(F)(F)F)[nH]n1. The van der Waals surface area contributed by atoms with Crippen LogP contribution in [0.5, 0.6) is 0 Å². The Hall–Kier alpha value is -2.59. The third-order valence-electron chi connectivity index (χ3n) is 2.47. The van der Waals surface area contributed by atoms with E-state index in [4.69, 9.17) is 0 Å². The molecule has 0 unspecified atom stereocenters. The monoisotopic (exact) mass is 327 g/mol. The zero-order valence-corrected chi connectivity index (χ0v) is 10.2. The van der Waals surface area contributed by atoms with Gasteiger partial charge in [0.25, 0.3) is 5.91 Å². The van der Waals surface area contributed by atoms with Gasteiger partial charge in [-0.2, -0.15) is 18.3 Å². The topological polar surface area (TPSA) is 57.8 Å². The molecule has 0 bridgehead atoms. The smallest absolute Gasteiger partial charge is 0.315 e.